The molecule has 1 atom stereocenters. The van der Waals surface area contributed by atoms with Crippen LogP contribution in [0.5, 0.6) is 5.75 Å². The number of hydrogen-bond donors (Lipinski definition) is 2. The minimum atomic E-state index is -1.16. The number of rotatable bonds is 4. The van der Waals surface area contributed by atoms with Crippen LogP contribution in [0.2, 0.25) is 5.02 Å². The highest BCUT2D eigenvalue weighted by molar-refractivity contribution is 6.31. The van der Waals surface area contributed by atoms with E-state index >= 15 is 0 Å². The number of anilines is 1. The van der Waals surface area contributed by atoms with E-state index in [0.717, 1.165) is 11.1 Å². The molecule has 1 aliphatic rings. The van der Waals surface area contributed by atoms with Crippen molar-refractivity contribution in [2.45, 2.75) is 19.1 Å². The van der Waals surface area contributed by atoms with Crippen LogP contribution in [0, 0.1) is 0 Å². The van der Waals surface area contributed by atoms with Crippen LogP contribution in [-0.2, 0) is 17.8 Å². The van der Waals surface area contributed by atoms with E-state index in [0.29, 0.717) is 36.2 Å². The highest BCUT2D eigenvalue weighted by Crippen LogP contribution is 2.33. The Bertz CT molecular complexity index is 755. The van der Waals surface area contributed by atoms with Gasteiger partial charge in [0.05, 0.1) is 12.2 Å². The SMILES string of the molecule is Cl.NCc1ccc2c(c1)OCCN2C(=O)C(O)Cc1ccccc1Cl. The third kappa shape index (κ3) is 4.25. The lowest BCUT2D eigenvalue weighted by Gasteiger charge is -2.31. The van der Waals surface area contributed by atoms with E-state index in [-0.39, 0.29) is 24.7 Å². The zero-order valence-electron chi connectivity index (χ0n) is 13.5. The van der Waals surface area contributed by atoms with E-state index in [1.807, 2.05) is 24.3 Å². The summed E-state index contributed by atoms with van der Waals surface area (Å²) >= 11 is 6.11. The van der Waals surface area contributed by atoms with Crippen LogP contribution in [0.1, 0.15) is 11.1 Å². The molecule has 0 saturated carbocycles. The average Bonchev–Trinajstić information content (AvgIpc) is 2.61. The van der Waals surface area contributed by atoms with E-state index < -0.39 is 6.10 Å². The predicted molar refractivity (Wildman–Crippen MR) is 101 cm³/mol. The third-order valence-corrected chi connectivity index (χ3v) is 4.41. The van der Waals surface area contributed by atoms with E-state index in [2.05, 4.69) is 0 Å². The summed E-state index contributed by atoms with van der Waals surface area (Å²) in [7, 11) is 0. The van der Waals surface area contributed by atoms with Gasteiger partial charge in [-0.25, -0.2) is 0 Å². The Labute approximate surface area is 157 Å². The summed E-state index contributed by atoms with van der Waals surface area (Å²) in [6.07, 6.45) is -0.989. The minimum Gasteiger partial charge on any atom is -0.490 e. The van der Waals surface area contributed by atoms with Gasteiger partial charge in [-0.15, -0.1) is 12.4 Å². The number of benzene rings is 2. The number of aliphatic hydroxyl groups excluding tert-OH is 1. The lowest BCUT2D eigenvalue weighted by Crippen LogP contribution is -2.44. The molecule has 0 spiro atoms. The van der Waals surface area contributed by atoms with E-state index in [4.69, 9.17) is 22.1 Å². The monoisotopic (exact) mass is 382 g/mol. The highest BCUT2D eigenvalue weighted by atomic mass is 35.5. The van der Waals surface area contributed by atoms with E-state index in [1.54, 1.807) is 23.1 Å². The van der Waals surface area contributed by atoms with Crippen molar-refractivity contribution >= 4 is 35.6 Å². The van der Waals surface area contributed by atoms with Gasteiger partial charge < -0.3 is 20.5 Å². The number of fused-ring (bicyclic) bond motifs is 1. The lowest BCUT2D eigenvalue weighted by molar-refractivity contribution is -0.126. The van der Waals surface area contributed by atoms with Crippen molar-refractivity contribution in [3.05, 3.63) is 58.6 Å². The molecule has 0 fully saturated rings. The number of ether oxygens (including phenoxy) is 1. The van der Waals surface area contributed by atoms with Gasteiger partial charge in [-0.3, -0.25) is 4.79 Å². The van der Waals surface area contributed by atoms with Gasteiger partial charge in [0.15, 0.2) is 0 Å². The summed E-state index contributed by atoms with van der Waals surface area (Å²) in [4.78, 5) is 14.2. The molecular formula is C18H20Cl2N2O3. The summed E-state index contributed by atoms with van der Waals surface area (Å²) in [6.45, 7) is 1.18. The van der Waals surface area contributed by atoms with Gasteiger partial charge >= 0.3 is 0 Å². The first-order valence-electron chi connectivity index (χ1n) is 7.79. The van der Waals surface area contributed by atoms with Crippen molar-refractivity contribution in [3.63, 3.8) is 0 Å². The number of amides is 1. The second-order valence-corrected chi connectivity index (χ2v) is 6.06. The molecule has 0 aromatic heterocycles. The Kier molecular flexibility index (Phi) is 6.67. The van der Waals surface area contributed by atoms with Gasteiger partial charge in [0.2, 0.25) is 0 Å². The number of nitrogens with zero attached hydrogens (tertiary/aromatic N) is 1. The van der Waals surface area contributed by atoms with Crippen molar-refractivity contribution in [2.75, 3.05) is 18.1 Å². The fraction of sp³-hybridized carbons (Fsp3) is 0.278. The summed E-state index contributed by atoms with van der Waals surface area (Å²) in [6, 6.07) is 12.7. The number of hydrogen-bond acceptors (Lipinski definition) is 4. The summed E-state index contributed by atoms with van der Waals surface area (Å²) < 4.78 is 5.61. The molecule has 7 heteroatoms. The van der Waals surface area contributed by atoms with Gasteiger partial charge in [0.25, 0.3) is 5.91 Å². The number of halogens is 2. The number of nitrogens with two attached hydrogens (primary N) is 1. The zero-order chi connectivity index (χ0) is 17.1. The van der Waals surface area contributed by atoms with Crippen LogP contribution in [0.4, 0.5) is 5.69 Å². The van der Waals surface area contributed by atoms with Crippen LogP contribution < -0.4 is 15.4 Å². The zero-order valence-corrected chi connectivity index (χ0v) is 15.1. The molecule has 0 aliphatic carbocycles. The smallest absolute Gasteiger partial charge is 0.256 e. The number of carbonyl (C=O) groups excluding carboxylic acids is 1. The van der Waals surface area contributed by atoms with Crippen LogP contribution >= 0.6 is 24.0 Å². The first-order valence-corrected chi connectivity index (χ1v) is 8.16. The first kappa shape index (κ1) is 19.5. The molecule has 0 bridgehead atoms. The Balaban J connectivity index is 0.00000225. The fourth-order valence-electron chi connectivity index (χ4n) is 2.76. The molecule has 3 rings (SSSR count). The molecule has 2 aromatic carbocycles. The van der Waals surface area contributed by atoms with Gasteiger partial charge in [-0.2, -0.15) is 0 Å². The van der Waals surface area contributed by atoms with Crippen molar-refractivity contribution in [1.82, 2.24) is 0 Å². The maximum atomic E-state index is 12.7. The van der Waals surface area contributed by atoms with Gasteiger partial charge in [-0.1, -0.05) is 35.9 Å². The molecule has 3 N–H and O–H groups in total. The van der Waals surface area contributed by atoms with Gasteiger partial charge in [-0.05, 0) is 29.3 Å². The van der Waals surface area contributed by atoms with Crippen LogP contribution in [0.15, 0.2) is 42.5 Å². The molecule has 5 nitrogen and oxygen atoms in total. The molecule has 0 radical (unpaired) electrons. The van der Waals surface area contributed by atoms with Crippen LogP contribution in [0.25, 0.3) is 0 Å². The molecule has 1 heterocycles. The lowest BCUT2D eigenvalue weighted by atomic mass is 10.1. The largest absolute Gasteiger partial charge is 0.490 e. The van der Waals surface area contributed by atoms with E-state index in [1.165, 1.54) is 0 Å². The average molecular weight is 383 g/mol. The molecule has 0 saturated heterocycles. The Morgan fingerprint density at radius 1 is 1.32 bits per heavy atom. The normalized spacial score (nSPS) is 14.1. The van der Waals surface area contributed by atoms with Crippen molar-refractivity contribution in [3.8, 4) is 5.75 Å². The topological polar surface area (TPSA) is 75.8 Å². The van der Waals surface area contributed by atoms with Crippen molar-refractivity contribution in [1.29, 1.82) is 0 Å². The van der Waals surface area contributed by atoms with Crippen LogP contribution in [0.3, 0.4) is 0 Å². The summed E-state index contributed by atoms with van der Waals surface area (Å²) in [5.74, 6) is 0.252. The summed E-state index contributed by atoms with van der Waals surface area (Å²) in [5, 5.41) is 10.9. The van der Waals surface area contributed by atoms with Gasteiger partial charge in [0, 0.05) is 18.0 Å². The second-order valence-electron chi connectivity index (χ2n) is 5.66. The molecular weight excluding hydrogens is 363 g/mol. The third-order valence-electron chi connectivity index (χ3n) is 4.05. The summed E-state index contributed by atoms with van der Waals surface area (Å²) in [5.41, 5.74) is 7.96. The van der Waals surface area contributed by atoms with Crippen molar-refractivity contribution < 1.29 is 14.6 Å². The van der Waals surface area contributed by atoms with Crippen molar-refractivity contribution in [2.24, 2.45) is 5.73 Å². The molecule has 2 aromatic rings. The van der Waals surface area contributed by atoms with Gasteiger partial charge in [0.1, 0.15) is 18.5 Å². The standard InChI is InChI=1S/C18H19ClN2O3.ClH/c19-14-4-2-1-3-13(14)10-16(22)18(23)21-7-8-24-17-9-12(11-20)5-6-15(17)21;/h1-6,9,16,22H,7-8,10-11,20H2;1H. The Hall–Kier alpha value is -1.79. The molecule has 134 valence electrons. The second kappa shape index (κ2) is 8.54. The number of aliphatic hydroxyl groups is 1. The maximum Gasteiger partial charge on any atom is 0.256 e. The maximum absolute atomic E-state index is 12.7. The minimum absolute atomic E-state index is 0. The molecule has 1 amide bonds. The first-order chi connectivity index (χ1) is 11.6. The molecule has 1 unspecified atom stereocenters. The van der Waals surface area contributed by atoms with Crippen LogP contribution in [-0.4, -0.2) is 30.3 Å². The molecule has 1 aliphatic heterocycles. The quantitative estimate of drug-likeness (QED) is 0.851. The fourth-order valence-corrected chi connectivity index (χ4v) is 2.97. The Morgan fingerprint density at radius 2 is 2.08 bits per heavy atom. The Morgan fingerprint density at radius 3 is 2.80 bits per heavy atom. The highest BCUT2D eigenvalue weighted by Gasteiger charge is 2.29. The molecule has 25 heavy (non-hydrogen) atoms. The van der Waals surface area contributed by atoms with E-state index in [9.17, 15) is 9.90 Å². The predicted octanol–water partition coefficient (Wildman–Crippen LogP) is 2.55. The number of carbonyl (C=O) groups is 1.